The zero-order valence-corrected chi connectivity index (χ0v) is 26.7. The van der Waals surface area contributed by atoms with Crippen molar-refractivity contribution in [3.63, 3.8) is 0 Å². The summed E-state index contributed by atoms with van der Waals surface area (Å²) in [5.74, 6) is -0.807. The van der Waals surface area contributed by atoms with Gasteiger partial charge in [-0.1, -0.05) is 95.2 Å². The average Bonchev–Trinajstić information content (AvgIpc) is 3.66. The molecule has 3 fully saturated rings. The van der Waals surface area contributed by atoms with Crippen molar-refractivity contribution in [2.45, 2.75) is 102 Å². The Kier molecular flexibility index (Phi) is 8.44. The minimum atomic E-state index is -1.17. The number of hydrogen-bond acceptors (Lipinski definition) is 4. The second-order valence-corrected chi connectivity index (χ2v) is 14.0. The molecule has 1 aliphatic carbocycles. The van der Waals surface area contributed by atoms with E-state index >= 15 is 0 Å². The first-order valence-corrected chi connectivity index (χ1v) is 16.5. The summed E-state index contributed by atoms with van der Waals surface area (Å²) in [4.78, 5) is 44.5. The molecule has 234 valence electrons. The van der Waals surface area contributed by atoms with Gasteiger partial charge in [0.15, 0.2) is 0 Å². The molecule has 2 aromatic rings. The Bertz CT molecular complexity index is 1410. The van der Waals surface area contributed by atoms with Crippen LogP contribution in [-0.4, -0.2) is 52.5 Å². The van der Waals surface area contributed by atoms with Crippen molar-refractivity contribution in [2.24, 2.45) is 23.7 Å². The van der Waals surface area contributed by atoms with Crippen LogP contribution >= 0.6 is 0 Å². The maximum absolute atomic E-state index is 14.5. The van der Waals surface area contributed by atoms with E-state index in [0.717, 1.165) is 25.7 Å². The summed E-state index contributed by atoms with van der Waals surface area (Å²) < 4.78 is 6.60. The summed E-state index contributed by atoms with van der Waals surface area (Å²) in [6.45, 7) is 10.7. The number of hydrogen-bond donors (Lipinski definition) is 2. The number of amides is 3. The van der Waals surface area contributed by atoms with Gasteiger partial charge in [0.1, 0.15) is 11.6 Å². The second-order valence-electron chi connectivity index (χ2n) is 14.0. The van der Waals surface area contributed by atoms with Gasteiger partial charge in [-0.2, -0.15) is 0 Å². The Balaban J connectivity index is 1.28. The lowest BCUT2D eigenvalue weighted by Crippen LogP contribution is -2.59. The number of fused-ring (bicyclic) bond motifs is 1. The Labute approximate surface area is 261 Å². The highest BCUT2D eigenvalue weighted by molar-refractivity contribution is 6.03. The highest BCUT2D eigenvalue weighted by Crippen LogP contribution is 2.56. The largest absolute Gasteiger partial charge is 0.359 e. The van der Waals surface area contributed by atoms with Crippen molar-refractivity contribution in [3.05, 3.63) is 77.9 Å². The first-order valence-electron chi connectivity index (χ1n) is 16.5. The Morgan fingerprint density at radius 2 is 1.73 bits per heavy atom. The Hall–Kier alpha value is -3.45. The molecule has 4 aliphatic rings. The summed E-state index contributed by atoms with van der Waals surface area (Å²) in [6, 6.07) is 17.0. The smallest absolute Gasteiger partial charge is 0.246 e. The van der Waals surface area contributed by atoms with Gasteiger partial charge in [-0.3, -0.25) is 14.4 Å². The molecule has 1 spiro atoms. The predicted octanol–water partition coefficient (Wildman–Crippen LogP) is 5.86. The van der Waals surface area contributed by atoms with Crippen LogP contribution in [0.3, 0.4) is 0 Å². The number of anilines is 1. The molecule has 7 heteroatoms. The standard InChI is InChI=1S/C37H47N3O4/c1-22(2)27-16-18-28(19-17-27)38-34(41)31-30-20-21-37(44-30)32(31)36(43)40(24(4)14-15-26-11-7-6-8-12-26)33(37)35(42)39-29-13-9-10-23(3)25(29)5/h6-8,11-12,16-25,29-33H,9-10,13-15H2,1-5H3,(H,38,41)(H,39,42)/t23-,24-,25+,29-,30-,31+,32-,33-,37-/m1/s1. The van der Waals surface area contributed by atoms with E-state index in [1.165, 1.54) is 11.1 Å². The van der Waals surface area contributed by atoms with E-state index in [2.05, 4.69) is 50.5 Å². The van der Waals surface area contributed by atoms with E-state index in [9.17, 15) is 14.4 Å². The Morgan fingerprint density at radius 1 is 1.00 bits per heavy atom. The topological polar surface area (TPSA) is 87.7 Å². The van der Waals surface area contributed by atoms with Gasteiger partial charge in [0.2, 0.25) is 17.7 Å². The molecule has 7 nitrogen and oxygen atoms in total. The normalized spacial score (nSPS) is 33.0. The fourth-order valence-corrected chi connectivity index (χ4v) is 8.06. The molecule has 6 rings (SSSR count). The van der Waals surface area contributed by atoms with Crippen LogP contribution in [0, 0.1) is 23.7 Å². The SMILES string of the molecule is CC(C)c1ccc(NC(=O)[C@H]2[C@H]3C=C[C@@]4(O3)[C@H]2C(=O)N([C@H](C)CCc2ccccc2)[C@@H]4C(=O)N[C@@H]2CCC[C@@H](C)[C@@H]2C)cc1. The van der Waals surface area contributed by atoms with Crippen LogP contribution in [0.4, 0.5) is 5.69 Å². The Morgan fingerprint density at radius 3 is 2.43 bits per heavy atom. The van der Waals surface area contributed by atoms with Crippen LogP contribution in [0.1, 0.15) is 77.3 Å². The maximum Gasteiger partial charge on any atom is 0.246 e. The molecule has 2 saturated heterocycles. The van der Waals surface area contributed by atoms with Crippen LogP contribution in [0.5, 0.6) is 0 Å². The van der Waals surface area contributed by atoms with Crippen LogP contribution in [0.25, 0.3) is 0 Å². The van der Waals surface area contributed by atoms with Gasteiger partial charge in [-0.05, 0) is 67.2 Å². The van der Waals surface area contributed by atoms with Gasteiger partial charge in [0, 0.05) is 17.8 Å². The molecule has 3 heterocycles. The van der Waals surface area contributed by atoms with E-state index in [1.54, 1.807) is 4.90 Å². The molecular formula is C37H47N3O4. The van der Waals surface area contributed by atoms with Crippen LogP contribution in [-0.2, 0) is 25.5 Å². The van der Waals surface area contributed by atoms with Crippen LogP contribution in [0.2, 0.25) is 0 Å². The number of nitrogens with zero attached hydrogens (tertiary/aromatic N) is 1. The first-order chi connectivity index (χ1) is 21.1. The highest BCUT2D eigenvalue weighted by Gasteiger charge is 2.73. The third-order valence-electron chi connectivity index (χ3n) is 10.9. The number of rotatable bonds is 9. The lowest BCUT2D eigenvalue weighted by molar-refractivity contribution is -0.144. The fraction of sp³-hybridized carbons (Fsp3) is 0.541. The van der Waals surface area contributed by atoms with Crippen molar-refractivity contribution in [3.8, 4) is 0 Å². The minimum absolute atomic E-state index is 0.0498. The fourth-order valence-electron chi connectivity index (χ4n) is 8.06. The van der Waals surface area contributed by atoms with Gasteiger partial charge in [0.05, 0.1) is 17.9 Å². The van der Waals surface area contributed by atoms with Crippen molar-refractivity contribution < 1.29 is 19.1 Å². The summed E-state index contributed by atoms with van der Waals surface area (Å²) in [6.07, 6.45) is 7.89. The van der Waals surface area contributed by atoms with Gasteiger partial charge in [0.25, 0.3) is 0 Å². The van der Waals surface area contributed by atoms with Crippen molar-refractivity contribution in [1.29, 1.82) is 0 Å². The first kappa shape index (κ1) is 30.6. The van der Waals surface area contributed by atoms with E-state index in [-0.39, 0.29) is 29.8 Å². The molecule has 3 amide bonds. The predicted molar refractivity (Wildman–Crippen MR) is 172 cm³/mol. The summed E-state index contributed by atoms with van der Waals surface area (Å²) in [7, 11) is 0. The number of nitrogens with one attached hydrogen (secondary N) is 2. The molecule has 0 radical (unpaired) electrons. The molecule has 3 aliphatic heterocycles. The van der Waals surface area contributed by atoms with Gasteiger partial charge in [-0.25, -0.2) is 0 Å². The summed E-state index contributed by atoms with van der Waals surface area (Å²) in [5, 5.41) is 6.41. The van der Waals surface area contributed by atoms with E-state index in [4.69, 9.17) is 4.74 Å². The monoisotopic (exact) mass is 597 g/mol. The molecule has 9 atom stereocenters. The maximum atomic E-state index is 14.5. The average molecular weight is 598 g/mol. The molecule has 2 N–H and O–H groups in total. The summed E-state index contributed by atoms with van der Waals surface area (Å²) >= 11 is 0. The van der Waals surface area contributed by atoms with Gasteiger partial charge >= 0.3 is 0 Å². The van der Waals surface area contributed by atoms with E-state index in [0.29, 0.717) is 29.9 Å². The summed E-state index contributed by atoms with van der Waals surface area (Å²) in [5.41, 5.74) is 1.90. The number of carbonyl (C=O) groups is 3. The van der Waals surface area contributed by atoms with E-state index < -0.39 is 29.6 Å². The zero-order chi connectivity index (χ0) is 31.2. The van der Waals surface area contributed by atoms with E-state index in [1.807, 2.05) is 61.5 Å². The molecule has 2 aromatic carbocycles. The molecule has 0 aromatic heterocycles. The second kappa shape index (κ2) is 12.2. The third-order valence-corrected chi connectivity index (χ3v) is 10.9. The number of benzene rings is 2. The molecular weight excluding hydrogens is 550 g/mol. The van der Waals surface area contributed by atoms with Crippen molar-refractivity contribution in [1.82, 2.24) is 10.2 Å². The quantitative estimate of drug-likeness (QED) is 0.355. The third kappa shape index (κ3) is 5.38. The lowest BCUT2D eigenvalue weighted by Gasteiger charge is -2.39. The number of ether oxygens (including phenoxy) is 1. The minimum Gasteiger partial charge on any atom is -0.359 e. The number of aryl methyl sites for hydroxylation is 1. The molecule has 2 bridgehead atoms. The highest BCUT2D eigenvalue weighted by atomic mass is 16.5. The van der Waals surface area contributed by atoms with Crippen molar-refractivity contribution >= 4 is 23.4 Å². The van der Waals surface area contributed by atoms with Gasteiger partial charge < -0.3 is 20.3 Å². The molecule has 1 saturated carbocycles. The van der Waals surface area contributed by atoms with Crippen molar-refractivity contribution in [2.75, 3.05) is 5.32 Å². The molecule has 44 heavy (non-hydrogen) atoms. The zero-order valence-electron chi connectivity index (χ0n) is 26.7. The lowest BCUT2D eigenvalue weighted by atomic mass is 9.73. The van der Waals surface area contributed by atoms with Crippen LogP contribution in [0.15, 0.2) is 66.7 Å². The van der Waals surface area contributed by atoms with Gasteiger partial charge in [-0.15, -0.1) is 0 Å². The molecule has 0 unspecified atom stereocenters. The van der Waals surface area contributed by atoms with Crippen LogP contribution < -0.4 is 10.6 Å². The number of likely N-dealkylation sites (tertiary alicyclic amines) is 1. The number of carbonyl (C=O) groups excluding carboxylic acids is 3.